The normalized spacial score (nSPS) is 12.7. The maximum Gasteiger partial charge on any atom is 0.352 e. The molecule has 2 N–H and O–H groups in total. The summed E-state index contributed by atoms with van der Waals surface area (Å²) in [4.78, 5) is 26.8. The Kier molecular flexibility index (Phi) is 2.48. The van der Waals surface area contributed by atoms with Gasteiger partial charge in [-0.3, -0.25) is 4.79 Å². The summed E-state index contributed by atoms with van der Waals surface area (Å²) in [6.45, 7) is 0. The Bertz CT molecular complexity index is 706. The fraction of sp³-hybridized carbons (Fsp3) is 0.0769. The highest BCUT2D eigenvalue weighted by atomic mass is 32.2. The van der Waals surface area contributed by atoms with Gasteiger partial charge in [-0.1, -0.05) is 18.2 Å². The summed E-state index contributed by atoms with van der Waals surface area (Å²) in [5.74, 6) is -0.549. The Labute approximate surface area is 107 Å². The van der Waals surface area contributed by atoms with Gasteiger partial charge in [-0.25, -0.2) is 4.79 Å². The Morgan fingerprint density at radius 3 is 2.89 bits per heavy atom. The van der Waals surface area contributed by atoms with Crippen LogP contribution in [0.3, 0.4) is 0 Å². The first-order chi connectivity index (χ1) is 8.66. The molecule has 18 heavy (non-hydrogen) atoms. The highest BCUT2D eigenvalue weighted by Crippen LogP contribution is 2.38. The lowest BCUT2D eigenvalue weighted by Gasteiger charge is -2.18. The molecule has 0 aliphatic carbocycles. The van der Waals surface area contributed by atoms with E-state index >= 15 is 0 Å². The third-order valence-corrected chi connectivity index (χ3v) is 3.99. The second kappa shape index (κ2) is 4.03. The molecule has 0 spiro atoms. The summed E-state index contributed by atoms with van der Waals surface area (Å²) in [6.07, 6.45) is 0. The lowest BCUT2D eigenvalue weighted by Crippen LogP contribution is -2.17. The van der Waals surface area contributed by atoms with Crippen molar-refractivity contribution in [2.45, 2.75) is 10.6 Å². The number of hydrogen-bond acceptors (Lipinski definition) is 3. The van der Waals surface area contributed by atoms with Crippen LogP contribution >= 0.6 is 11.8 Å². The first-order valence-corrected chi connectivity index (χ1v) is 6.37. The zero-order chi connectivity index (χ0) is 12.7. The number of thioether (sulfide) groups is 1. The summed E-state index contributed by atoms with van der Waals surface area (Å²) < 4.78 is 0. The minimum Gasteiger partial charge on any atom is -0.477 e. The van der Waals surface area contributed by atoms with Gasteiger partial charge in [-0.15, -0.1) is 11.8 Å². The van der Waals surface area contributed by atoms with Crippen LogP contribution in [0.4, 0.5) is 0 Å². The summed E-state index contributed by atoms with van der Waals surface area (Å²) in [7, 11) is 0. The molecule has 0 radical (unpaired) electrons. The van der Waals surface area contributed by atoms with E-state index < -0.39 is 5.97 Å². The number of carboxylic acid groups (broad SMARTS) is 1. The van der Waals surface area contributed by atoms with Crippen molar-refractivity contribution >= 4 is 17.7 Å². The number of nitrogens with one attached hydrogen (secondary N) is 1. The quantitative estimate of drug-likeness (QED) is 0.824. The summed E-state index contributed by atoms with van der Waals surface area (Å²) in [5, 5.41) is 8.98. The van der Waals surface area contributed by atoms with E-state index in [1.165, 1.54) is 0 Å². The molecule has 1 aromatic heterocycles. The van der Waals surface area contributed by atoms with E-state index in [1.807, 2.05) is 24.3 Å². The van der Waals surface area contributed by atoms with Gasteiger partial charge in [0.25, 0.3) is 0 Å². The number of carboxylic acids is 1. The average Bonchev–Trinajstić information content (AvgIpc) is 2.38. The number of H-pyrrole nitrogens is 1. The number of benzene rings is 1. The number of hydrogen-bond donors (Lipinski definition) is 2. The maximum absolute atomic E-state index is 11.9. The van der Waals surface area contributed by atoms with Crippen molar-refractivity contribution in [3.05, 3.63) is 51.8 Å². The van der Waals surface area contributed by atoms with E-state index in [-0.39, 0.29) is 11.1 Å². The van der Waals surface area contributed by atoms with Crippen molar-refractivity contribution in [1.29, 1.82) is 0 Å². The van der Waals surface area contributed by atoms with Gasteiger partial charge in [-0.05, 0) is 6.07 Å². The van der Waals surface area contributed by atoms with Gasteiger partial charge < -0.3 is 10.1 Å². The molecule has 0 unspecified atom stereocenters. The molecule has 1 aliphatic rings. The third kappa shape index (κ3) is 1.64. The van der Waals surface area contributed by atoms with Crippen LogP contribution in [0, 0.1) is 0 Å². The number of fused-ring (bicyclic) bond motifs is 3. The van der Waals surface area contributed by atoms with Crippen LogP contribution < -0.4 is 5.43 Å². The minimum atomic E-state index is -1.12. The molecule has 2 aromatic rings. The number of aromatic nitrogens is 1. The van der Waals surface area contributed by atoms with Crippen LogP contribution in [0.2, 0.25) is 0 Å². The smallest absolute Gasteiger partial charge is 0.352 e. The molecule has 90 valence electrons. The summed E-state index contributed by atoms with van der Waals surface area (Å²) in [5.41, 5.74) is 1.88. The molecule has 5 heteroatoms. The molecule has 1 aromatic carbocycles. The van der Waals surface area contributed by atoms with Gasteiger partial charge in [0.15, 0.2) is 5.43 Å². The molecule has 1 aliphatic heterocycles. The SMILES string of the molecule is O=C(O)c1cc(=O)c2c([nH]1)-c1ccccc1SC2. The standard InChI is InChI=1S/C13H9NO3S/c15-10-5-9(13(16)17)14-12-7-3-1-2-4-11(7)18-6-8(10)12/h1-5H,6H2,(H,14,15)(H,16,17). The van der Waals surface area contributed by atoms with Gasteiger partial charge in [0.2, 0.25) is 0 Å². The first-order valence-electron chi connectivity index (χ1n) is 5.38. The van der Waals surface area contributed by atoms with Gasteiger partial charge in [0, 0.05) is 27.8 Å². The molecule has 0 bridgehead atoms. The van der Waals surface area contributed by atoms with Crippen molar-refractivity contribution < 1.29 is 9.90 Å². The summed E-state index contributed by atoms with van der Waals surface area (Å²) in [6, 6.07) is 8.81. The lowest BCUT2D eigenvalue weighted by molar-refractivity contribution is 0.0690. The Balaban J connectivity index is 2.32. The molecule has 3 rings (SSSR count). The van der Waals surface area contributed by atoms with E-state index in [4.69, 9.17) is 5.11 Å². The Morgan fingerprint density at radius 1 is 1.33 bits per heavy atom. The number of rotatable bonds is 1. The van der Waals surface area contributed by atoms with E-state index in [1.54, 1.807) is 11.8 Å². The second-order valence-corrected chi connectivity index (χ2v) is 5.01. The van der Waals surface area contributed by atoms with Gasteiger partial charge in [0.1, 0.15) is 5.69 Å². The average molecular weight is 259 g/mol. The topological polar surface area (TPSA) is 70.2 Å². The van der Waals surface area contributed by atoms with Crippen molar-refractivity contribution in [2.24, 2.45) is 0 Å². The fourth-order valence-electron chi connectivity index (χ4n) is 2.02. The van der Waals surface area contributed by atoms with Crippen molar-refractivity contribution in [2.75, 3.05) is 0 Å². The molecule has 0 atom stereocenters. The Morgan fingerprint density at radius 2 is 2.11 bits per heavy atom. The van der Waals surface area contributed by atoms with Crippen LogP contribution in [0.15, 0.2) is 40.0 Å². The molecular formula is C13H9NO3S. The first kappa shape index (κ1) is 11.1. The second-order valence-electron chi connectivity index (χ2n) is 3.99. The van der Waals surface area contributed by atoms with Gasteiger partial charge in [0.05, 0.1) is 5.69 Å². The number of carbonyl (C=O) groups is 1. The molecule has 0 fully saturated rings. The van der Waals surface area contributed by atoms with E-state index in [9.17, 15) is 9.59 Å². The molecular weight excluding hydrogens is 250 g/mol. The maximum atomic E-state index is 11.9. The van der Waals surface area contributed by atoms with Gasteiger partial charge in [-0.2, -0.15) is 0 Å². The largest absolute Gasteiger partial charge is 0.477 e. The molecule has 0 amide bonds. The van der Waals surface area contributed by atoms with Crippen molar-refractivity contribution in [3.8, 4) is 11.3 Å². The fourth-order valence-corrected chi connectivity index (χ4v) is 3.11. The zero-order valence-electron chi connectivity index (χ0n) is 9.27. The van der Waals surface area contributed by atoms with Crippen molar-refractivity contribution in [3.63, 3.8) is 0 Å². The molecule has 0 saturated heterocycles. The number of aromatic carboxylic acids is 1. The van der Waals surface area contributed by atoms with Crippen LogP contribution in [-0.4, -0.2) is 16.1 Å². The lowest BCUT2D eigenvalue weighted by atomic mass is 10.1. The Hall–Kier alpha value is -2.01. The molecule has 0 saturated carbocycles. The van der Waals surface area contributed by atoms with E-state index in [0.717, 1.165) is 16.5 Å². The van der Waals surface area contributed by atoms with Gasteiger partial charge >= 0.3 is 5.97 Å². The molecule has 4 nitrogen and oxygen atoms in total. The highest BCUT2D eigenvalue weighted by Gasteiger charge is 2.21. The minimum absolute atomic E-state index is 0.0690. The highest BCUT2D eigenvalue weighted by molar-refractivity contribution is 7.98. The number of aromatic amines is 1. The third-order valence-electron chi connectivity index (χ3n) is 2.89. The van der Waals surface area contributed by atoms with Crippen LogP contribution in [-0.2, 0) is 5.75 Å². The van der Waals surface area contributed by atoms with E-state index in [2.05, 4.69) is 4.98 Å². The zero-order valence-corrected chi connectivity index (χ0v) is 10.1. The monoisotopic (exact) mass is 259 g/mol. The molecule has 2 heterocycles. The number of pyridine rings is 1. The van der Waals surface area contributed by atoms with E-state index in [0.29, 0.717) is 17.0 Å². The predicted octanol–water partition coefficient (Wildman–Crippen LogP) is 2.35. The van der Waals surface area contributed by atoms with Crippen LogP contribution in [0.25, 0.3) is 11.3 Å². The van der Waals surface area contributed by atoms with Crippen LogP contribution in [0.5, 0.6) is 0 Å². The van der Waals surface area contributed by atoms with Crippen LogP contribution in [0.1, 0.15) is 16.1 Å². The predicted molar refractivity (Wildman–Crippen MR) is 69.0 cm³/mol. The summed E-state index contributed by atoms with van der Waals surface area (Å²) >= 11 is 1.59. The van der Waals surface area contributed by atoms with Crippen molar-refractivity contribution in [1.82, 2.24) is 4.98 Å².